The molecule has 2 N–H and O–H groups in total. The molecule has 1 heterocycles. The Labute approximate surface area is 105 Å². The Kier molecular flexibility index (Phi) is 3.46. The van der Waals surface area contributed by atoms with Gasteiger partial charge in [0.2, 0.25) is 0 Å². The molecule has 4 heteroatoms. The zero-order valence-corrected chi connectivity index (χ0v) is 10.3. The van der Waals surface area contributed by atoms with E-state index < -0.39 is 0 Å². The molecule has 1 atom stereocenters. The lowest BCUT2D eigenvalue weighted by Gasteiger charge is -2.15. The van der Waals surface area contributed by atoms with E-state index in [1.54, 1.807) is 18.2 Å². The van der Waals surface area contributed by atoms with Crippen LogP contribution in [0.4, 0.5) is 10.1 Å². The molecule has 2 aromatic rings. The maximum absolute atomic E-state index is 12.8. The average Bonchev–Trinajstić information content (AvgIpc) is 2.34. The van der Waals surface area contributed by atoms with Gasteiger partial charge in [-0.2, -0.15) is 0 Å². The zero-order chi connectivity index (χ0) is 13.1. The molecule has 1 unspecified atom stereocenters. The summed E-state index contributed by atoms with van der Waals surface area (Å²) in [7, 11) is 0. The van der Waals surface area contributed by atoms with Crippen LogP contribution in [-0.4, -0.2) is 10.1 Å². The summed E-state index contributed by atoms with van der Waals surface area (Å²) in [6, 6.07) is 8.30. The van der Waals surface area contributed by atoms with Crippen LogP contribution in [0.2, 0.25) is 0 Å². The first-order valence-electron chi connectivity index (χ1n) is 5.74. The van der Waals surface area contributed by atoms with Gasteiger partial charge in [0.05, 0.1) is 17.9 Å². The fourth-order valence-electron chi connectivity index (χ4n) is 1.71. The minimum Gasteiger partial charge on any atom is -0.508 e. The van der Waals surface area contributed by atoms with E-state index >= 15 is 0 Å². The number of hydrogen-bond acceptors (Lipinski definition) is 3. The van der Waals surface area contributed by atoms with E-state index in [1.165, 1.54) is 12.3 Å². The van der Waals surface area contributed by atoms with Gasteiger partial charge in [0, 0.05) is 5.69 Å². The Balaban J connectivity index is 2.13. The van der Waals surface area contributed by atoms with E-state index in [4.69, 9.17) is 0 Å². The summed E-state index contributed by atoms with van der Waals surface area (Å²) in [5, 5.41) is 12.7. The monoisotopic (exact) mass is 246 g/mol. The van der Waals surface area contributed by atoms with Crippen molar-refractivity contribution in [1.29, 1.82) is 0 Å². The number of benzene rings is 1. The second-order valence-corrected chi connectivity index (χ2v) is 4.27. The molecule has 1 aromatic carbocycles. The molecule has 0 aliphatic heterocycles. The van der Waals surface area contributed by atoms with Crippen LogP contribution in [0.25, 0.3) is 0 Å². The predicted molar refractivity (Wildman–Crippen MR) is 69.1 cm³/mol. The van der Waals surface area contributed by atoms with Crippen molar-refractivity contribution in [3.05, 3.63) is 53.6 Å². The predicted octanol–water partition coefficient (Wildman–Crippen LogP) is 3.41. The summed E-state index contributed by atoms with van der Waals surface area (Å²) < 4.78 is 12.8. The molecule has 0 bridgehead atoms. The van der Waals surface area contributed by atoms with Crippen LogP contribution in [0.5, 0.6) is 5.75 Å². The van der Waals surface area contributed by atoms with Crippen LogP contribution in [0, 0.1) is 12.7 Å². The highest BCUT2D eigenvalue weighted by atomic mass is 19.1. The number of aromatic hydroxyl groups is 1. The number of halogens is 1. The Morgan fingerprint density at radius 2 is 2.06 bits per heavy atom. The topological polar surface area (TPSA) is 45.2 Å². The van der Waals surface area contributed by atoms with Crippen molar-refractivity contribution in [3.63, 3.8) is 0 Å². The minimum absolute atomic E-state index is 0.0328. The molecule has 94 valence electrons. The third-order valence-corrected chi connectivity index (χ3v) is 2.77. The second-order valence-electron chi connectivity index (χ2n) is 4.27. The Morgan fingerprint density at radius 1 is 1.28 bits per heavy atom. The first-order chi connectivity index (χ1) is 8.56. The Bertz CT molecular complexity index is 540. The Hall–Kier alpha value is -2.10. The summed E-state index contributed by atoms with van der Waals surface area (Å²) in [6.07, 6.45) is 1.20. The minimum atomic E-state index is -0.341. The van der Waals surface area contributed by atoms with Crippen LogP contribution < -0.4 is 5.32 Å². The molecular weight excluding hydrogens is 231 g/mol. The zero-order valence-electron chi connectivity index (χ0n) is 10.3. The quantitative estimate of drug-likeness (QED) is 0.816. The number of anilines is 1. The van der Waals surface area contributed by atoms with Crippen LogP contribution in [0.3, 0.4) is 0 Å². The SMILES string of the molecule is Cc1cc(NC(C)c2ccc(F)cn2)ccc1O. The van der Waals surface area contributed by atoms with Crippen molar-refractivity contribution in [3.8, 4) is 5.75 Å². The number of phenolic OH excluding ortho intramolecular Hbond substituents is 1. The van der Waals surface area contributed by atoms with Crippen LogP contribution in [0.1, 0.15) is 24.2 Å². The molecule has 0 saturated carbocycles. The normalized spacial score (nSPS) is 12.2. The fourth-order valence-corrected chi connectivity index (χ4v) is 1.71. The van der Waals surface area contributed by atoms with Crippen molar-refractivity contribution < 1.29 is 9.50 Å². The van der Waals surface area contributed by atoms with Gasteiger partial charge < -0.3 is 10.4 Å². The third kappa shape index (κ3) is 2.77. The molecule has 0 aliphatic carbocycles. The number of nitrogens with zero attached hydrogens (tertiary/aromatic N) is 1. The van der Waals surface area contributed by atoms with E-state index in [1.807, 2.05) is 19.9 Å². The highest BCUT2D eigenvalue weighted by Crippen LogP contribution is 2.23. The Morgan fingerprint density at radius 3 is 2.67 bits per heavy atom. The van der Waals surface area contributed by atoms with Crippen molar-refractivity contribution in [2.24, 2.45) is 0 Å². The van der Waals surface area contributed by atoms with Gasteiger partial charge in [0.25, 0.3) is 0 Å². The molecule has 0 amide bonds. The maximum atomic E-state index is 12.8. The van der Waals surface area contributed by atoms with Crippen molar-refractivity contribution in [1.82, 2.24) is 4.98 Å². The van der Waals surface area contributed by atoms with E-state index in [0.717, 1.165) is 16.9 Å². The average molecular weight is 246 g/mol. The smallest absolute Gasteiger partial charge is 0.141 e. The van der Waals surface area contributed by atoms with Crippen LogP contribution in [-0.2, 0) is 0 Å². The van der Waals surface area contributed by atoms with E-state index in [0.29, 0.717) is 0 Å². The van der Waals surface area contributed by atoms with Crippen molar-refractivity contribution >= 4 is 5.69 Å². The lowest BCUT2D eigenvalue weighted by Crippen LogP contribution is -2.08. The molecule has 18 heavy (non-hydrogen) atoms. The number of aryl methyl sites for hydroxylation is 1. The van der Waals surface area contributed by atoms with Gasteiger partial charge in [0.1, 0.15) is 11.6 Å². The highest BCUT2D eigenvalue weighted by Gasteiger charge is 2.07. The molecule has 3 nitrogen and oxygen atoms in total. The summed E-state index contributed by atoms with van der Waals surface area (Å²) in [5.41, 5.74) is 2.46. The number of phenols is 1. The summed E-state index contributed by atoms with van der Waals surface area (Å²) in [6.45, 7) is 3.78. The standard InChI is InChI=1S/C14H15FN2O/c1-9-7-12(4-6-14(9)18)17-10(2)13-5-3-11(15)8-16-13/h3-8,10,17-18H,1-2H3. The summed E-state index contributed by atoms with van der Waals surface area (Å²) in [4.78, 5) is 4.03. The first-order valence-corrected chi connectivity index (χ1v) is 5.74. The second kappa shape index (κ2) is 5.04. The first kappa shape index (κ1) is 12.4. The van der Waals surface area contributed by atoms with E-state index in [-0.39, 0.29) is 17.6 Å². The maximum Gasteiger partial charge on any atom is 0.141 e. The van der Waals surface area contributed by atoms with Gasteiger partial charge in [-0.15, -0.1) is 0 Å². The number of pyridine rings is 1. The third-order valence-electron chi connectivity index (χ3n) is 2.77. The molecule has 0 saturated heterocycles. The van der Waals surface area contributed by atoms with E-state index in [9.17, 15) is 9.50 Å². The van der Waals surface area contributed by atoms with Crippen molar-refractivity contribution in [2.45, 2.75) is 19.9 Å². The van der Waals surface area contributed by atoms with Crippen LogP contribution >= 0.6 is 0 Å². The van der Waals surface area contributed by atoms with E-state index in [2.05, 4.69) is 10.3 Å². The van der Waals surface area contributed by atoms with Gasteiger partial charge in [-0.25, -0.2) is 4.39 Å². The molecule has 1 aromatic heterocycles. The summed E-state index contributed by atoms with van der Waals surface area (Å²) in [5.74, 6) is -0.0699. The van der Waals surface area contributed by atoms with Crippen molar-refractivity contribution in [2.75, 3.05) is 5.32 Å². The summed E-state index contributed by atoms with van der Waals surface area (Å²) >= 11 is 0. The van der Waals surface area contributed by atoms with Crippen LogP contribution in [0.15, 0.2) is 36.5 Å². The fraction of sp³-hybridized carbons (Fsp3) is 0.214. The lowest BCUT2D eigenvalue weighted by molar-refractivity contribution is 0.471. The molecule has 0 spiro atoms. The molecule has 0 fully saturated rings. The van der Waals surface area contributed by atoms with Gasteiger partial charge in [0.15, 0.2) is 0 Å². The lowest BCUT2D eigenvalue weighted by atomic mass is 10.1. The molecule has 2 rings (SSSR count). The largest absolute Gasteiger partial charge is 0.508 e. The highest BCUT2D eigenvalue weighted by molar-refractivity contribution is 5.51. The van der Waals surface area contributed by atoms with Gasteiger partial charge in [-0.3, -0.25) is 4.98 Å². The number of nitrogens with one attached hydrogen (secondary N) is 1. The molecular formula is C14H15FN2O. The number of hydrogen-bond donors (Lipinski definition) is 2. The van der Waals surface area contributed by atoms with Gasteiger partial charge in [-0.1, -0.05) is 0 Å². The molecule has 0 aliphatic rings. The van der Waals surface area contributed by atoms with Gasteiger partial charge in [-0.05, 0) is 49.7 Å². The van der Waals surface area contributed by atoms with Gasteiger partial charge >= 0.3 is 0 Å². The number of rotatable bonds is 3. The number of aromatic nitrogens is 1. The molecule has 0 radical (unpaired) electrons.